The van der Waals surface area contributed by atoms with Gasteiger partial charge in [0.15, 0.2) is 23.0 Å². The van der Waals surface area contributed by atoms with Crippen LogP contribution in [-0.2, 0) is 0 Å². The summed E-state index contributed by atoms with van der Waals surface area (Å²) < 4.78 is 18.1. The van der Waals surface area contributed by atoms with Crippen molar-refractivity contribution in [3.8, 4) is 5.75 Å². The summed E-state index contributed by atoms with van der Waals surface area (Å²) in [6, 6.07) is 2.72. The maximum atomic E-state index is 13.0. The van der Waals surface area contributed by atoms with E-state index in [1.807, 2.05) is 0 Å². The van der Waals surface area contributed by atoms with Crippen molar-refractivity contribution in [1.29, 1.82) is 0 Å². The first kappa shape index (κ1) is 7.09. The van der Waals surface area contributed by atoms with Gasteiger partial charge in [0.05, 0.1) is 0 Å². The molecule has 0 aliphatic carbocycles. The molecule has 0 atom stereocenters. The molecule has 2 aromatic rings. The van der Waals surface area contributed by atoms with Gasteiger partial charge in [-0.2, -0.15) is 0 Å². The van der Waals surface area contributed by atoms with Crippen LogP contribution in [0.5, 0.6) is 5.75 Å². The molecule has 1 N–H and O–H groups in total. The van der Waals surface area contributed by atoms with E-state index in [1.165, 1.54) is 12.1 Å². The van der Waals surface area contributed by atoms with Crippen molar-refractivity contribution >= 4 is 11.1 Å². The Labute approximate surface area is 67.5 Å². The topological polar surface area (TPSA) is 46.3 Å². The zero-order chi connectivity index (χ0) is 8.72. The lowest BCUT2D eigenvalue weighted by Crippen LogP contribution is -1.78. The molecule has 0 saturated carbocycles. The van der Waals surface area contributed by atoms with E-state index >= 15 is 0 Å². The van der Waals surface area contributed by atoms with Crippen LogP contribution in [0.1, 0.15) is 5.89 Å². The predicted molar refractivity (Wildman–Crippen MR) is 40.4 cm³/mol. The summed E-state index contributed by atoms with van der Waals surface area (Å²) in [6.07, 6.45) is 0. The predicted octanol–water partition coefficient (Wildman–Crippen LogP) is 1.98. The second-order valence-electron chi connectivity index (χ2n) is 2.48. The van der Waals surface area contributed by atoms with Crippen LogP contribution < -0.4 is 0 Å². The van der Waals surface area contributed by atoms with Gasteiger partial charge in [0.1, 0.15) is 5.52 Å². The molecule has 1 aromatic carbocycles. The summed E-state index contributed by atoms with van der Waals surface area (Å²) in [5, 5.41) is 8.97. The Morgan fingerprint density at radius 3 is 3.00 bits per heavy atom. The van der Waals surface area contributed by atoms with Crippen LogP contribution in [0.2, 0.25) is 0 Å². The SMILES string of the molecule is Cc1nc2c(F)c(O)ccc2o1. The zero-order valence-corrected chi connectivity index (χ0v) is 6.34. The van der Waals surface area contributed by atoms with Crippen molar-refractivity contribution in [3.05, 3.63) is 23.8 Å². The fraction of sp³-hybridized carbons (Fsp3) is 0.125. The number of rotatable bonds is 0. The normalized spacial score (nSPS) is 10.8. The van der Waals surface area contributed by atoms with Gasteiger partial charge in [-0.25, -0.2) is 9.37 Å². The summed E-state index contributed by atoms with van der Waals surface area (Å²) >= 11 is 0. The van der Waals surface area contributed by atoms with Gasteiger partial charge in [-0.1, -0.05) is 0 Å². The lowest BCUT2D eigenvalue weighted by molar-refractivity contribution is 0.435. The molecule has 0 saturated heterocycles. The summed E-state index contributed by atoms with van der Waals surface area (Å²) in [5.74, 6) is -0.755. The highest BCUT2D eigenvalue weighted by atomic mass is 19.1. The number of nitrogens with zero attached hydrogens (tertiary/aromatic N) is 1. The molecular formula is C8H6FNO2. The standard InChI is InChI=1S/C8H6FNO2/c1-4-10-8-6(12-4)3-2-5(11)7(8)9/h2-3,11H,1H3. The van der Waals surface area contributed by atoms with Crippen molar-refractivity contribution in [2.24, 2.45) is 0 Å². The monoisotopic (exact) mass is 167 g/mol. The van der Waals surface area contributed by atoms with Gasteiger partial charge in [0.25, 0.3) is 0 Å². The third-order valence-corrected chi connectivity index (χ3v) is 1.59. The molecule has 0 spiro atoms. The largest absolute Gasteiger partial charge is 0.505 e. The molecule has 62 valence electrons. The molecule has 4 heteroatoms. The number of hydrogen-bond acceptors (Lipinski definition) is 3. The highest BCUT2D eigenvalue weighted by Crippen LogP contribution is 2.24. The van der Waals surface area contributed by atoms with Gasteiger partial charge in [-0.15, -0.1) is 0 Å². The average molecular weight is 167 g/mol. The van der Waals surface area contributed by atoms with Gasteiger partial charge >= 0.3 is 0 Å². The van der Waals surface area contributed by atoms with Crippen LogP contribution in [0.15, 0.2) is 16.5 Å². The molecule has 1 aromatic heterocycles. The van der Waals surface area contributed by atoms with Crippen molar-refractivity contribution in [3.63, 3.8) is 0 Å². The summed E-state index contributed by atoms with van der Waals surface area (Å²) in [4.78, 5) is 3.77. The highest BCUT2D eigenvalue weighted by Gasteiger charge is 2.10. The van der Waals surface area contributed by atoms with E-state index in [0.717, 1.165) is 0 Å². The number of aromatic nitrogens is 1. The molecule has 0 radical (unpaired) electrons. The van der Waals surface area contributed by atoms with Crippen molar-refractivity contribution in [2.75, 3.05) is 0 Å². The molecule has 12 heavy (non-hydrogen) atoms. The second-order valence-corrected chi connectivity index (χ2v) is 2.48. The Bertz CT molecular complexity index is 436. The minimum atomic E-state index is -0.732. The number of phenols is 1. The molecular weight excluding hydrogens is 161 g/mol. The third-order valence-electron chi connectivity index (χ3n) is 1.59. The molecule has 0 aliphatic rings. The maximum absolute atomic E-state index is 13.0. The fourth-order valence-corrected chi connectivity index (χ4v) is 1.06. The van der Waals surface area contributed by atoms with E-state index in [4.69, 9.17) is 9.52 Å². The van der Waals surface area contributed by atoms with Crippen LogP contribution in [-0.4, -0.2) is 10.1 Å². The first-order chi connectivity index (χ1) is 5.68. The van der Waals surface area contributed by atoms with Crippen molar-refractivity contribution < 1.29 is 13.9 Å². The van der Waals surface area contributed by atoms with E-state index in [2.05, 4.69) is 4.98 Å². The first-order valence-corrected chi connectivity index (χ1v) is 3.43. The number of fused-ring (bicyclic) bond motifs is 1. The van der Waals surface area contributed by atoms with Crippen LogP contribution in [0.3, 0.4) is 0 Å². The number of aromatic hydroxyl groups is 1. The molecule has 0 fully saturated rings. The number of hydrogen-bond donors (Lipinski definition) is 1. The Morgan fingerprint density at radius 2 is 2.25 bits per heavy atom. The Hall–Kier alpha value is -1.58. The van der Waals surface area contributed by atoms with Gasteiger partial charge < -0.3 is 9.52 Å². The van der Waals surface area contributed by atoms with Crippen LogP contribution in [0.4, 0.5) is 4.39 Å². The number of phenolic OH excluding ortho intramolecular Hbond substituents is 1. The van der Waals surface area contributed by atoms with Crippen LogP contribution >= 0.6 is 0 Å². The molecule has 0 aliphatic heterocycles. The fourth-order valence-electron chi connectivity index (χ4n) is 1.06. The molecule has 0 bridgehead atoms. The Balaban J connectivity index is 2.89. The summed E-state index contributed by atoms with van der Waals surface area (Å²) in [5.41, 5.74) is 0.426. The molecule has 1 heterocycles. The van der Waals surface area contributed by atoms with E-state index in [9.17, 15) is 4.39 Å². The van der Waals surface area contributed by atoms with Crippen molar-refractivity contribution in [2.45, 2.75) is 6.92 Å². The van der Waals surface area contributed by atoms with Crippen molar-refractivity contribution in [1.82, 2.24) is 4.98 Å². The van der Waals surface area contributed by atoms with E-state index in [-0.39, 0.29) is 5.52 Å². The van der Waals surface area contributed by atoms with Gasteiger partial charge in [0.2, 0.25) is 0 Å². The highest BCUT2D eigenvalue weighted by molar-refractivity contribution is 5.75. The molecule has 3 nitrogen and oxygen atoms in total. The van der Waals surface area contributed by atoms with Gasteiger partial charge in [0, 0.05) is 6.92 Å². The van der Waals surface area contributed by atoms with Crippen LogP contribution in [0, 0.1) is 12.7 Å². The average Bonchev–Trinajstić information content (AvgIpc) is 2.39. The summed E-state index contributed by atoms with van der Waals surface area (Å²) in [6.45, 7) is 1.62. The zero-order valence-electron chi connectivity index (χ0n) is 6.34. The smallest absolute Gasteiger partial charge is 0.194 e. The molecule has 0 amide bonds. The second kappa shape index (κ2) is 2.20. The molecule has 2 rings (SSSR count). The quantitative estimate of drug-likeness (QED) is 0.652. The Kier molecular flexibility index (Phi) is 1.30. The number of aryl methyl sites for hydroxylation is 1. The van der Waals surface area contributed by atoms with E-state index < -0.39 is 11.6 Å². The lowest BCUT2D eigenvalue weighted by Gasteiger charge is -1.91. The van der Waals surface area contributed by atoms with E-state index in [0.29, 0.717) is 11.5 Å². The number of benzene rings is 1. The Morgan fingerprint density at radius 1 is 1.50 bits per heavy atom. The number of halogens is 1. The van der Waals surface area contributed by atoms with Crippen LogP contribution in [0.25, 0.3) is 11.1 Å². The van der Waals surface area contributed by atoms with E-state index in [1.54, 1.807) is 6.92 Å². The van der Waals surface area contributed by atoms with Gasteiger partial charge in [-0.05, 0) is 12.1 Å². The summed E-state index contributed by atoms with van der Waals surface area (Å²) in [7, 11) is 0. The first-order valence-electron chi connectivity index (χ1n) is 3.43. The lowest BCUT2D eigenvalue weighted by atomic mass is 10.3. The number of oxazole rings is 1. The third kappa shape index (κ3) is 0.845. The maximum Gasteiger partial charge on any atom is 0.194 e. The van der Waals surface area contributed by atoms with Gasteiger partial charge in [-0.3, -0.25) is 0 Å². The minimum absolute atomic E-state index is 0.0764. The minimum Gasteiger partial charge on any atom is -0.505 e. The molecule has 0 unspecified atom stereocenters.